The van der Waals surface area contributed by atoms with Gasteiger partial charge in [-0.3, -0.25) is 0 Å². The molecule has 1 atom stereocenters. The standard InChI is InChI=1S/C9H22N.FH/c1-6-7-8-9(2)10(3,4)5;/h9H,6-8H2,1-5H3;1H/q+1;/p-1. The van der Waals surface area contributed by atoms with Crippen LogP contribution in [0.5, 0.6) is 0 Å². The van der Waals surface area contributed by atoms with Gasteiger partial charge in [-0.25, -0.2) is 0 Å². The molecule has 11 heavy (non-hydrogen) atoms. The topological polar surface area (TPSA) is 0 Å². The number of hydrogen-bond donors (Lipinski definition) is 0. The first-order valence-corrected chi connectivity index (χ1v) is 4.29. The Labute approximate surface area is 70.4 Å². The minimum Gasteiger partial charge on any atom is -1.00 e. The number of quaternary nitrogens is 1. The highest BCUT2D eigenvalue weighted by Crippen LogP contribution is 2.09. The van der Waals surface area contributed by atoms with Gasteiger partial charge >= 0.3 is 0 Å². The molecule has 0 N–H and O–H groups in total. The van der Waals surface area contributed by atoms with Gasteiger partial charge in [0.15, 0.2) is 0 Å². The number of hydrogen-bond acceptors (Lipinski definition) is 0. The summed E-state index contributed by atoms with van der Waals surface area (Å²) in [7, 11) is 6.79. The smallest absolute Gasteiger partial charge is 0.0855 e. The zero-order valence-corrected chi connectivity index (χ0v) is 8.52. The molecule has 1 nitrogen and oxygen atoms in total. The van der Waals surface area contributed by atoms with E-state index < -0.39 is 0 Å². The number of rotatable bonds is 4. The van der Waals surface area contributed by atoms with E-state index in [2.05, 4.69) is 35.0 Å². The van der Waals surface area contributed by atoms with Crippen molar-refractivity contribution in [3.05, 3.63) is 0 Å². The van der Waals surface area contributed by atoms with Gasteiger partial charge in [-0.1, -0.05) is 13.3 Å². The molecule has 0 spiro atoms. The highest BCUT2D eigenvalue weighted by atomic mass is 19.0. The molecular weight excluding hydrogens is 141 g/mol. The van der Waals surface area contributed by atoms with E-state index in [0.717, 1.165) is 10.5 Å². The van der Waals surface area contributed by atoms with Crippen molar-refractivity contribution in [2.75, 3.05) is 21.1 Å². The third-order valence-electron chi connectivity index (χ3n) is 2.30. The van der Waals surface area contributed by atoms with Crippen molar-refractivity contribution in [1.29, 1.82) is 0 Å². The lowest BCUT2D eigenvalue weighted by atomic mass is 10.1. The quantitative estimate of drug-likeness (QED) is 0.480. The van der Waals surface area contributed by atoms with Gasteiger partial charge in [-0.05, 0) is 19.8 Å². The van der Waals surface area contributed by atoms with Gasteiger partial charge in [0.25, 0.3) is 0 Å². The second-order valence-electron chi connectivity index (χ2n) is 4.11. The Morgan fingerprint density at radius 1 is 1.18 bits per heavy atom. The molecule has 2 heteroatoms. The molecule has 0 radical (unpaired) electrons. The molecule has 70 valence electrons. The van der Waals surface area contributed by atoms with Crippen molar-refractivity contribution in [2.24, 2.45) is 0 Å². The van der Waals surface area contributed by atoms with Crippen LogP contribution in [0.4, 0.5) is 0 Å². The van der Waals surface area contributed by atoms with Crippen LogP contribution in [-0.4, -0.2) is 31.7 Å². The van der Waals surface area contributed by atoms with E-state index in [0.29, 0.717) is 0 Å². The van der Waals surface area contributed by atoms with Crippen LogP contribution in [0.3, 0.4) is 0 Å². The Hall–Kier alpha value is -0.110. The molecule has 0 aliphatic heterocycles. The Morgan fingerprint density at radius 3 is 1.91 bits per heavy atom. The van der Waals surface area contributed by atoms with Gasteiger partial charge in [0, 0.05) is 0 Å². The summed E-state index contributed by atoms with van der Waals surface area (Å²) in [5, 5.41) is 0. The predicted octanol–water partition coefficient (Wildman–Crippen LogP) is -0.725. The molecule has 0 bridgehead atoms. The molecule has 1 unspecified atom stereocenters. The zero-order chi connectivity index (χ0) is 8.20. The summed E-state index contributed by atoms with van der Waals surface area (Å²) in [6.07, 6.45) is 4.06. The number of halogens is 1. The van der Waals surface area contributed by atoms with Gasteiger partial charge < -0.3 is 9.19 Å². The number of unbranched alkanes of at least 4 members (excludes halogenated alkanes) is 1. The second kappa shape index (κ2) is 5.53. The predicted molar refractivity (Wildman–Crippen MR) is 47.0 cm³/mol. The molecule has 0 saturated carbocycles. The maximum Gasteiger partial charge on any atom is 0.0855 e. The zero-order valence-electron chi connectivity index (χ0n) is 8.52. The van der Waals surface area contributed by atoms with Crippen LogP contribution >= 0.6 is 0 Å². The molecule has 0 heterocycles. The first-order chi connectivity index (χ1) is 4.48. The third kappa shape index (κ3) is 6.29. The van der Waals surface area contributed by atoms with Crippen LogP contribution in [0.1, 0.15) is 33.1 Å². The lowest BCUT2D eigenvalue weighted by molar-refractivity contribution is -0.894. The monoisotopic (exact) mass is 163 g/mol. The summed E-state index contributed by atoms with van der Waals surface area (Å²) in [4.78, 5) is 0. The summed E-state index contributed by atoms with van der Waals surface area (Å²) >= 11 is 0. The van der Waals surface area contributed by atoms with Gasteiger partial charge in [0.1, 0.15) is 0 Å². The molecule has 0 aliphatic rings. The van der Waals surface area contributed by atoms with E-state index in [9.17, 15) is 0 Å². The molecule has 0 saturated heterocycles. The Kier molecular flexibility index (Phi) is 6.77. The Bertz CT molecular complexity index is 86.1. The van der Waals surface area contributed by atoms with Crippen LogP contribution in [-0.2, 0) is 0 Å². The van der Waals surface area contributed by atoms with E-state index in [1.165, 1.54) is 19.3 Å². The lowest BCUT2D eigenvalue weighted by Crippen LogP contribution is -3.00. The van der Waals surface area contributed by atoms with Crippen molar-refractivity contribution in [2.45, 2.75) is 39.2 Å². The summed E-state index contributed by atoms with van der Waals surface area (Å²) in [6.45, 7) is 4.58. The second-order valence-corrected chi connectivity index (χ2v) is 4.11. The average molecular weight is 163 g/mol. The first-order valence-electron chi connectivity index (χ1n) is 4.29. The molecule has 0 amide bonds. The molecule has 0 aliphatic carbocycles. The van der Waals surface area contributed by atoms with Gasteiger partial charge in [-0.15, -0.1) is 0 Å². The highest BCUT2D eigenvalue weighted by Gasteiger charge is 2.16. The lowest BCUT2D eigenvalue weighted by Gasteiger charge is -2.31. The first kappa shape index (κ1) is 13.5. The number of nitrogens with zero attached hydrogens (tertiary/aromatic N) is 1. The average Bonchev–Trinajstić information content (AvgIpc) is 1.80. The summed E-state index contributed by atoms with van der Waals surface area (Å²) in [5.41, 5.74) is 0. The van der Waals surface area contributed by atoms with Gasteiger partial charge in [0.2, 0.25) is 0 Å². The largest absolute Gasteiger partial charge is 1.00 e. The molecule has 0 fully saturated rings. The van der Waals surface area contributed by atoms with E-state index in [4.69, 9.17) is 0 Å². The van der Waals surface area contributed by atoms with Crippen LogP contribution in [0.2, 0.25) is 0 Å². The minimum absolute atomic E-state index is 0. The van der Waals surface area contributed by atoms with Crippen LogP contribution in [0.25, 0.3) is 0 Å². The summed E-state index contributed by atoms with van der Waals surface area (Å²) in [6, 6.07) is 0.806. The van der Waals surface area contributed by atoms with Crippen LogP contribution in [0, 0.1) is 0 Å². The Balaban J connectivity index is 0. The van der Waals surface area contributed by atoms with Crippen molar-refractivity contribution < 1.29 is 9.19 Å². The maximum absolute atomic E-state index is 2.33. The van der Waals surface area contributed by atoms with Gasteiger partial charge in [-0.2, -0.15) is 0 Å². The Morgan fingerprint density at radius 2 is 1.64 bits per heavy atom. The fraction of sp³-hybridized carbons (Fsp3) is 1.00. The fourth-order valence-electron chi connectivity index (χ4n) is 0.887. The molecule has 0 aromatic carbocycles. The highest BCUT2D eigenvalue weighted by molar-refractivity contribution is 4.48. The van der Waals surface area contributed by atoms with Crippen molar-refractivity contribution in [1.82, 2.24) is 0 Å². The molecular formula is C9H22FN. The minimum atomic E-state index is 0. The van der Waals surface area contributed by atoms with Crippen molar-refractivity contribution in [3.8, 4) is 0 Å². The summed E-state index contributed by atoms with van der Waals surface area (Å²) < 4.78 is 1.10. The summed E-state index contributed by atoms with van der Waals surface area (Å²) in [5.74, 6) is 0. The fourth-order valence-corrected chi connectivity index (χ4v) is 0.887. The molecule has 0 rings (SSSR count). The van der Waals surface area contributed by atoms with E-state index in [1.807, 2.05) is 0 Å². The normalized spacial score (nSPS) is 13.9. The van der Waals surface area contributed by atoms with E-state index in [1.54, 1.807) is 0 Å². The van der Waals surface area contributed by atoms with Crippen LogP contribution in [0.15, 0.2) is 0 Å². The molecule has 0 aromatic heterocycles. The van der Waals surface area contributed by atoms with Gasteiger partial charge in [0.05, 0.1) is 27.2 Å². The van der Waals surface area contributed by atoms with Crippen molar-refractivity contribution >= 4 is 0 Å². The SMILES string of the molecule is CCCCC(C)[N+](C)(C)C.[F-]. The van der Waals surface area contributed by atoms with E-state index in [-0.39, 0.29) is 4.70 Å². The third-order valence-corrected chi connectivity index (χ3v) is 2.30. The van der Waals surface area contributed by atoms with E-state index >= 15 is 0 Å². The van der Waals surface area contributed by atoms with Crippen molar-refractivity contribution in [3.63, 3.8) is 0 Å². The molecule has 0 aromatic rings. The maximum atomic E-state index is 2.33. The van der Waals surface area contributed by atoms with Crippen LogP contribution < -0.4 is 4.70 Å².